The fourth-order valence-electron chi connectivity index (χ4n) is 2.29. The normalized spacial score (nSPS) is 10.8. The van der Waals surface area contributed by atoms with E-state index in [-0.39, 0.29) is 5.91 Å². The number of anilines is 1. The Labute approximate surface area is 122 Å². The predicted molar refractivity (Wildman–Crippen MR) is 82.4 cm³/mol. The molecule has 21 heavy (non-hydrogen) atoms. The molecule has 0 radical (unpaired) electrons. The number of hydrogen-bond acceptors (Lipinski definition) is 3. The van der Waals surface area contributed by atoms with E-state index in [1.807, 2.05) is 49.7 Å². The summed E-state index contributed by atoms with van der Waals surface area (Å²) in [6.45, 7) is 3.83. The monoisotopic (exact) mass is 280 g/mol. The second-order valence-electron chi connectivity index (χ2n) is 5.06. The summed E-state index contributed by atoms with van der Waals surface area (Å²) in [5.74, 6) is 0.776. The van der Waals surface area contributed by atoms with Crippen molar-refractivity contribution in [3.8, 4) is 0 Å². The van der Waals surface area contributed by atoms with Crippen LogP contribution < -0.4 is 5.32 Å². The van der Waals surface area contributed by atoms with Crippen molar-refractivity contribution < 1.29 is 4.79 Å². The molecule has 2 aromatic heterocycles. The van der Waals surface area contributed by atoms with E-state index in [4.69, 9.17) is 0 Å². The molecule has 0 bridgehead atoms. The molecule has 106 valence electrons. The summed E-state index contributed by atoms with van der Waals surface area (Å²) in [5.41, 5.74) is 4.04. The van der Waals surface area contributed by atoms with Gasteiger partial charge >= 0.3 is 0 Å². The van der Waals surface area contributed by atoms with Crippen molar-refractivity contribution in [2.45, 2.75) is 13.8 Å². The van der Waals surface area contributed by atoms with E-state index in [0.717, 1.165) is 28.2 Å². The van der Waals surface area contributed by atoms with Crippen molar-refractivity contribution in [1.82, 2.24) is 14.5 Å². The number of fused-ring (bicyclic) bond motifs is 1. The van der Waals surface area contributed by atoms with Crippen LogP contribution in [0.25, 0.3) is 11.0 Å². The number of aromatic nitrogens is 3. The molecule has 0 aliphatic carbocycles. The van der Waals surface area contributed by atoms with Crippen LogP contribution in [0.15, 0.2) is 36.5 Å². The number of aryl methyl sites for hydroxylation is 3. The fourth-order valence-corrected chi connectivity index (χ4v) is 2.29. The number of benzene rings is 1. The van der Waals surface area contributed by atoms with Gasteiger partial charge < -0.3 is 9.88 Å². The SMILES string of the molecule is Cc1cc(NC(=O)c2ccc3c(c2)nc(C)n3C)ccn1. The van der Waals surface area contributed by atoms with E-state index < -0.39 is 0 Å². The van der Waals surface area contributed by atoms with Gasteiger partial charge in [-0.3, -0.25) is 9.78 Å². The van der Waals surface area contributed by atoms with Gasteiger partial charge in [0.2, 0.25) is 0 Å². The van der Waals surface area contributed by atoms with Gasteiger partial charge in [0.05, 0.1) is 11.0 Å². The Bertz CT molecular complexity index is 835. The number of rotatable bonds is 2. The Morgan fingerprint density at radius 2 is 2.00 bits per heavy atom. The maximum Gasteiger partial charge on any atom is 0.255 e. The molecule has 5 heteroatoms. The third-order valence-corrected chi connectivity index (χ3v) is 3.52. The van der Waals surface area contributed by atoms with Crippen molar-refractivity contribution in [2.24, 2.45) is 7.05 Å². The molecular formula is C16H16N4O. The second-order valence-corrected chi connectivity index (χ2v) is 5.06. The third-order valence-electron chi connectivity index (χ3n) is 3.52. The minimum absolute atomic E-state index is 0.147. The van der Waals surface area contributed by atoms with Gasteiger partial charge in [0, 0.05) is 30.2 Å². The van der Waals surface area contributed by atoms with Crippen LogP contribution in [-0.4, -0.2) is 20.4 Å². The van der Waals surface area contributed by atoms with Crippen molar-refractivity contribution in [2.75, 3.05) is 5.32 Å². The molecule has 0 aliphatic heterocycles. The van der Waals surface area contributed by atoms with Crippen molar-refractivity contribution in [1.29, 1.82) is 0 Å². The zero-order valence-corrected chi connectivity index (χ0v) is 12.2. The van der Waals surface area contributed by atoms with Gasteiger partial charge in [-0.05, 0) is 44.2 Å². The predicted octanol–water partition coefficient (Wildman–Crippen LogP) is 2.84. The van der Waals surface area contributed by atoms with Crippen LogP contribution in [0.4, 0.5) is 5.69 Å². The van der Waals surface area contributed by atoms with E-state index in [1.165, 1.54) is 0 Å². The molecule has 0 atom stereocenters. The first-order valence-corrected chi connectivity index (χ1v) is 6.71. The molecule has 0 unspecified atom stereocenters. The zero-order chi connectivity index (χ0) is 15.0. The van der Waals surface area contributed by atoms with Gasteiger partial charge in [0.25, 0.3) is 5.91 Å². The van der Waals surface area contributed by atoms with Gasteiger partial charge in [-0.25, -0.2) is 4.98 Å². The molecule has 0 aliphatic rings. The number of imidazole rings is 1. The van der Waals surface area contributed by atoms with E-state index in [1.54, 1.807) is 12.3 Å². The van der Waals surface area contributed by atoms with Gasteiger partial charge in [0.15, 0.2) is 0 Å². The Hall–Kier alpha value is -2.69. The van der Waals surface area contributed by atoms with E-state index in [9.17, 15) is 4.79 Å². The zero-order valence-electron chi connectivity index (χ0n) is 12.2. The fraction of sp³-hybridized carbons (Fsp3) is 0.188. The number of nitrogens with one attached hydrogen (secondary N) is 1. The number of amides is 1. The average molecular weight is 280 g/mol. The molecule has 3 aromatic rings. The second kappa shape index (κ2) is 5.01. The highest BCUT2D eigenvalue weighted by Gasteiger charge is 2.10. The van der Waals surface area contributed by atoms with Crippen LogP contribution in [0.1, 0.15) is 21.9 Å². The van der Waals surface area contributed by atoms with E-state index >= 15 is 0 Å². The lowest BCUT2D eigenvalue weighted by Crippen LogP contribution is -2.12. The van der Waals surface area contributed by atoms with Crippen LogP contribution >= 0.6 is 0 Å². The first-order valence-electron chi connectivity index (χ1n) is 6.71. The lowest BCUT2D eigenvalue weighted by Gasteiger charge is -2.06. The average Bonchev–Trinajstić information content (AvgIpc) is 2.73. The molecule has 3 rings (SSSR count). The highest BCUT2D eigenvalue weighted by Crippen LogP contribution is 2.17. The Morgan fingerprint density at radius 1 is 1.19 bits per heavy atom. The van der Waals surface area contributed by atoms with E-state index in [2.05, 4.69) is 15.3 Å². The van der Waals surface area contributed by atoms with Gasteiger partial charge in [-0.1, -0.05) is 0 Å². The smallest absolute Gasteiger partial charge is 0.255 e. The van der Waals surface area contributed by atoms with Crippen molar-refractivity contribution in [3.05, 3.63) is 53.6 Å². The number of nitrogens with zero attached hydrogens (tertiary/aromatic N) is 3. The molecule has 0 spiro atoms. The topological polar surface area (TPSA) is 59.8 Å². The molecule has 5 nitrogen and oxygen atoms in total. The number of carbonyl (C=O) groups is 1. The summed E-state index contributed by atoms with van der Waals surface area (Å²) in [7, 11) is 1.96. The number of carbonyl (C=O) groups excluding carboxylic acids is 1. The number of pyridine rings is 1. The molecule has 1 amide bonds. The Kier molecular flexibility index (Phi) is 3.17. The van der Waals surface area contributed by atoms with Crippen LogP contribution in [0.5, 0.6) is 0 Å². The summed E-state index contributed by atoms with van der Waals surface area (Å²) >= 11 is 0. The van der Waals surface area contributed by atoms with Gasteiger partial charge in [0.1, 0.15) is 5.82 Å². The molecular weight excluding hydrogens is 264 g/mol. The first-order chi connectivity index (χ1) is 10.0. The summed E-state index contributed by atoms with van der Waals surface area (Å²) in [6, 6.07) is 9.15. The highest BCUT2D eigenvalue weighted by molar-refractivity contribution is 6.05. The molecule has 0 saturated carbocycles. The lowest BCUT2D eigenvalue weighted by molar-refractivity contribution is 0.102. The standard InChI is InChI=1S/C16H16N4O/c1-10-8-13(6-7-17-10)19-16(21)12-4-5-15-14(9-12)18-11(2)20(15)3/h4-9H,1-3H3,(H,17,19,21). The van der Waals surface area contributed by atoms with Crippen LogP contribution in [0, 0.1) is 13.8 Å². The molecule has 1 aromatic carbocycles. The van der Waals surface area contributed by atoms with Crippen LogP contribution in [0.2, 0.25) is 0 Å². The van der Waals surface area contributed by atoms with Gasteiger partial charge in [-0.2, -0.15) is 0 Å². The van der Waals surface area contributed by atoms with Crippen LogP contribution in [-0.2, 0) is 7.05 Å². The third kappa shape index (κ3) is 2.50. The Balaban J connectivity index is 1.91. The van der Waals surface area contributed by atoms with Crippen LogP contribution in [0.3, 0.4) is 0 Å². The molecule has 0 saturated heterocycles. The summed E-state index contributed by atoms with van der Waals surface area (Å²) in [6.07, 6.45) is 1.68. The summed E-state index contributed by atoms with van der Waals surface area (Å²) in [4.78, 5) is 20.9. The van der Waals surface area contributed by atoms with E-state index in [0.29, 0.717) is 5.56 Å². The minimum Gasteiger partial charge on any atom is -0.331 e. The lowest BCUT2D eigenvalue weighted by atomic mass is 10.2. The number of hydrogen-bond donors (Lipinski definition) is 1. The van der Waals surface area contributed by atoms with Crippen molar-refractivity contribution in [3.63, 3.8) is 0 Å². The highest BCUT2D eigenvalue weighted by atomic mass is 16.1. The molecule has 0 fully saturated rings. The maximum absolute atomic E-state index is 12.3. The molecule has 1 N–H and O–H groups in total. The maximum atomic E-state index is 12.3. The summed E-state index contributed by atoms with van der Waals surface area (Å²) < 4.78 is 2.00. The van der Waals surface area contributed by atoms with Crippen molar-refractivity contribution >= 4 is 22.6 Å². The quantitative estimate of drug-likeness (QED) is 0.785. The first kappa shape index (κ1) is 13.3. The van der Waals surface area contributed by atoms with Gasteiger partial charge in [-0.15, -0.1) is 0 Å². The minimum atomic E-state index is -0.147. The largest absolute Gasteiger partial charge is 0.331 e. The Morgan fingerprint density at radius 3 is 2.76 bits per heavy atom. The summed E-state index contributed by atoms with van der Waals surface area (Å²) in [5, 5.41) is 2.87. The molecule has 2 heterocycles.